The highest BCUT2D eigenvalue weighted by molar-refractivity contribution is 5.36. The number of hydrogen-bond donors (Lipinski definition) is 1. The highest BCUT2D eigenvalue weighted by atomic mass is 16.5. The Balaban J connectivity index is 2.17. The lowest BCUT2D eigenvalue weighted by molar-refractivity contribution is 0.180. The van der Waals surface area contributed by atoms with Gasteiger partial charge in [0.25, 0.3) is 0 Å². The lowest BCUT2D eigenvalue weighted by atomic mass is 9.73. The van der Waals surface area contributed by atoms with Crippen LogP contribution >= 0.6 is 0 Å². The molecule has 1 aliphatic carbocycles. The molecule has 0 aliphatic heterocycles. The first kappa shape index (κ1) is 15.2. The molecule has 4 nitrogen and oxygen atoms in total. The maximum Gasteiger partial charge on any atom is 0.134 e. The minimum atomic E-state index is 0.477. The number of anilines is 1. The number of nitrogens with zero attached hydrogens (tertiary/aromatic N) is 2. The molecular weight excluding hydrogens is 250 g/mol. The molecule has 1 aliphatic rings. The van der Waals surface area contributed by atoms with Gasteiger partial charge >= 0.3 is 0 Å². The van der Waals surface area contributed by atoms with Crippen LogP contribution in [0.3, 0.4) is 0 Å². The smallest absolute Gasteiger partial charge is 0.134 e. The second kappa shape index (κ2) is 6.53. The van der Waals surface area contributed by atoms with Crippen LogP contribution in [-0.4, -0.2) is 23.6 Å². The van der Waals surface area contributed by atoms with Crippen molar-refractivity contribution < 1.29 is 4.74 Å². The Morgan fingerprint density at radius 1 is 1.30 bits per heavy atom. The summed E-state index contributed by atoms with van der Waals surface area (Å²) >= 11 is 0. The first-order valence-electron chi connectivity index (χ1n) is 7.65. The van der Waals surface area contributed by atoms with Crippen LogP contribution in [0, 0.1) is 5.41 Å². The van der Waals surface area contributed by atoms with E-state index in [2.05, 4.69) is 26.1 Å². The SMILES string of the molecule is CCNc1cc(COC)nc(C2CCC(C)(C)CC2)n1. The van der Waals surface area contributed by atoms with Crippen molar-refractivity contribution in [3.8, 4) is 0 Å². The van der Waals surface area contributed by atoms with E-state index in [1.54, 1.807) is 7.11 Å². The Kier molecular flexibility index (Phi) is 4.97. The van der Waals surface area contributed by atoms with Crippen LogP contribution in [0.1, 0.15) is 63.9 Å². The number of rotatable bonds is 5. The van der Waals surface area contributed by atoms with Crippen LogP contribution in [0.4, 0.5) is 5.82 Å². The van der Waals surface area contributed by atoms with Gasteiger partial charge in [-0.2, -0.15) is 0 Å². The first-order valence-corrected chi connectivity index (χ1v) is 7.65. The third-order valence-electron chi connectivity index (χ3n) is 4.15. The number of ether oxygens (including phenoxy) is 1. The van der Waals surface area contributed by atoms with Crippen LogP contribution in [0.25, 0.3) is 0 Å². The third-order valence-corrected chi connectivity index (χ3v) is 4.15. The van der Waals surface area contributed by atoms with Crippen molar-refractivity contribution in [3.63, 3.8) is 0 Å². The molecule has 0 spiro atoms. The summed E-state index contributed by atoms with van der Waals surface area (Å²) in [4.78, 5) is 9.40. The standard InChI is InChI=1S/C16H27N3O/c1-5-17-14-10-13(11-20-4)18-15(19-14)12-6-8-16(2,3)9-7-12/h10,12H,5-9,11H2,1-4H3,(H,17,18,19). The summed E-state index contributed by atoms with van der Waals surface area (Å²) in [5, 5.41) is 3.30. The van der Waals surface area contributed by atoms with Gasteiger partial charge in [-0.15, -0.1) is 0 Å². The molecule has 1 N–H and O–H groups in total. The Labute approximate surface area is 122 Å². The minimum Gasteiger partial charge on any atom is -0.378 e. The fourth-order valence-corrected chi connectivity index (χ4v) is 2.85. The van der Waals surface area contributed by atoms with Gasteiger partial charge in [0.2, 0.25) is 0 Å². The Morgan fingerprint density at radius 3 is 2.60 bits per heavy atom. The van der Waals surface area contributed by atoms with Crippen molar-refractivity contribution >= 4 is 5.82 Å². The molecule has 1 aromatic rings. The molecule has 1 heterocycles. The molecule has 0 radical (unpaired) electrons. The number of methoxy groups -OCH3 is 1. The average molecular weight is 277 g/mol. The second-order valence-electron chi connectivity index (χ2n) is 6.50. The molecule has 0 unspecified atom stereocenters. The Hall–Kier alpha value is -1.16. The predicted molar refractivity (Wildman–Crippen MR) is 81.9 cm³/mol. The highest BCUT2D eigenvalue weighted by Gasteiger charge is 2.29. The summed E-state index contributed by atoms with van der Waals surface area (Å²) in [6.45, 7) is 8.22. The van der Waals surface area contributed by atoms with Crippen LogP contribution in [-0.2, 0) is 11.3 Å². The minimum absolute atomic E-state index is 0.477. The lowest BCUT2D eigenvalue weighted by Crippen LogP contribution is -2.22. The number of aromatic nitrogens is 2. The maximum atomic E-state index is 5.22. The molecule has 112 valence electrons. The van der Waals surface area contributed by atoms with Crippen molar-refractivity contribution in [2.75, 3.05) is 19.0 Å². The van der Waals surface area contributed by atoms with E-state index in [9.17, 15) is 0 Å². The van der Waals surface area contributed by atoms with Gasteiger partial charge in [-0.25, -0.2) is 9.97 Å². The molecule has 1 fully saturated rings. The van der Waals surface area contributed by atoms with Gasteiger partial charge in [0, 0.05) is 25.6 Å². The van der Waals surface area contributed by atoms with Gasteiger partial charge in [-0.1, -0.05) is 13.8 Å². The van der Waals surface area contributed by atoms with Crippen molar-refractivity contribution in [3.05, 3.63) is 17.6 Å². The zero-order chi connectivity index (χ0) is 14.6. The topological polar surface area (TPSA) is 47.0 Å². The summed E-state index contributed by atoms with van der Waals surface area (Å²) in [6, 6.07) is 1.99. The molecule has 0 atom stereocenters. The van der Waals surface area contributed by atoms with Gasteiger partial charge in [-0.3, -0.25) is 0 Å². The average Bonchev–Trinajstić information content (AvgIpc) is 2.39. The number of nitrogens with one attached hydrogen (secondary N) is 1. The van der Waals surface area contributed by atoms with Gasteiger partial charge < -0.3 is 10.1 Å². The fourth-order valence-electron chi connectivity index (χ4n) is 2.85. The summed E-state index contributed by atoms with van der Waals surface area (Å²) < 4.78 is 5.22. The van der Waals surface area contributed by atoms with Gasteiger partial charge in [0.15, 0.2) is 0 Å². The highest BCUT2D eigenvalue weighted by Crippen LogP contribution is 2.41. The fraction of sp³-hybridized carbons (Fsp3) is 0.750. The molecular formula is C16H27N3O. The lowest BCUT2D eigenvalue weighted by Gasteiger charge is -2.33. The van der Waals surface area contributed by atoms with Gasteiger partial charge in [0.05, 0.1) is 12.3 Å². The normalized spacial score (nSPS) is 19.0. The Bertz CT molecular complexity index is 411. The third kappa shape index (κ3) is 3.92. The molecule has 2 rings (SSSR count). The predicted octanol–water partition coefficient (Wildman–Crippen LogP) is 3.74. The molecule has 20 heavy (non-hydrogen) atoms. The van der Waals surface area contributed by atoms with Crippen molar-refractivity contribution in [2.45, 2.75) is 59.0 Å². The Morgan fingerprint density at radius 2 is 2.00 bits per heavy atom. The van der Waals surface area contributed by atoms with E-state index in [-0.39, 0.29) is 0 Å². The zero-order valence-electron chi connectivity index (χ0n) is 13.2. The van der Waals surface area contributed by atoms with Crippen molar-refractivity contribution in [1.82, 2.24) is 9.97 Å². The molecule has 0 amide bonds. The summed E-state index contributed by atoms with van der Waals surface area (Å²) in [5.41, 5.74) is 1.45. The largest absolute Gasteiger partial charge is 0.378 e. The monoisotopic (exact) mass is 277 g/mol. The second-order valence-corrected chi connectivity index (χ2v) is 6.50. The summed E-state index contributed by atoms with van der Waals surface area (Å²) in [6.07, 6.45) is 4.89. The quantitative estimate of drug-likeness (QED) is 0.890. The zero-order valence-corrected chi connectivity index (χ0v) is 13.2. The molecule has 0 saturated heterocycles. The molecule has 1 saturated carbocycles. The van der Waals surface area contributed by atoms with Crippen molar-refractivity contribution in [1.29, 1.82) is 0 Å². The maximum absolute atomic E-state index is 5.22. The van der Waals surface area contributed by atoms with E-state index in [0.717, 1.165) is 23.9 Å². The van der Waals surface area contributed by atoms with Crippen LogP contribution < -0.4 is 5.32 Å². The van der Waals surface area contributed by atoms with Gasteiger partial charge in [0.1, 0.15) is 11.6 Å². The van der Waals surface area contributed by atoms with Crippen LogP contribution in [0.2, 0.25) is 0 Å². The van der Waals surface area contributed by atoms with E-state index in [1.165, 1.54) is 25.7 Å². The summed E-state index contributed by atoms with van der Waals surface area (Å²) in [7, 11) is 1.71. The molecule has 1 aromatic heterocycles. The molecule has 0 bridgehead atoms. The molecule has 4 heteroatoms. The number of hydrogen-bond acceptors (Lipinski definition) is 4. The van der Waals surface area contributed by atoms with E-state index in [1.807, 2.05) is 6.07 Å². The van der Waals surface area contributed by atoms with Crippen molar-refractivity contribution in [2.24, 2.45) is 5.41 Å². The van der Waals surface area contributed by atoms with E-state index < -0.39 is 0 Å². The summed E-state index contributed by atoms with van der Waals surface area (Å²) in [5.74, 6) is 2.41. The van der Waals surface area contributed by atoms with Crippen LogP contribution in [0.15, 0.2) is 6.07 Å². The van der Waals surface area contributed by atoms with Gasteiger partial charge in [-0.05, 0) is 38.0 Å². The van der Waals surface area contributed by atoms with E-state index >= 15 is 0 Å². The first-order chi connectivity index (χ1) is 9.54. The van der Waals surface area contributed by atoms with E-state index in [0.29, 0.717) is 17.9 Å². The van der Waals surface area contributed by atoms with E-state index in [4.69, 9.17) is 14.7 Å². The molecule has 0 aromatic carbocycles. The van der Waals surface area contributed by atoms with Crippen LogP contribution in [0.5, 0.6) is 0 Å².